The van der Waals surface area contributed by atoms with Gasteiger partial charge in [0.15, 0.2) is 0 Å². The van der Waals surface area contributed by atoms with Crippen molar-refractivity contribution >= 4 is 60.5 Å². The van der Waals surface area contributed by atoms with E-state index in [9.17, 15) is 8.22 Å². The molecule has 2 nitrogen and oxygen atoms in total. The Kier molecular flexibility index (Phi) is 4.53. The Bertz CT molecular complexity index is 3630. The third kappa shape index (κ3) is 5.12. The molecule has 1 heterocycles. The van der Waals surface area contributed by atoms with Crippen molar-refractivity contribution < 1.29 is 23.6 Å². The van der Waals surface area contributed by atoms with Gasteiger partial charge in [-0.1, -0.05) is 157 Å². The molecule has 0 fully saturated rings. The van der Waals surface area contributed by atoms with Gasteiger partial charge in [-0.15, -0.1) is 0 Å². The standard InChI is InChI=1S/C50H33NO/c1-3-12-34(13-4-1)36-28-30-42(31-29-36)51(41-16-5-2-6-17-41)47-33-46-49-43(20-11-21-48(49)52-50(46)45-19-10-9-18-44(45)47)38-25-22-37(23-26-38)40-27-24-35-14-7-8-15-39(35)32-40/h1-33H/i1D,2D,3D,4D,5D,6D,12D,13D,16D,17D,28D,29D,30D,31D. The molecule has 0 N–H and O–H groups in total. The Morgan fingerprint density at radius 3 is 1.85 bits per heavy atom. The fourth-order valence-corrected chi connectivity index (χ4v) is 6.89. The van der Waals surface area contributed by atoms with Gasteiger partial charge in [-0.05, 0) is 86.5 Å². The molecule has 0 amide bonds. The second kappa shape index (κ2) is 12.5. The van der Waals surface area contributed by atoms with Crippen LogP contribution in [0.1, 0.15) is 19.2 Å². The molecule has 0 radical (unpaired) electrons. The van der Waals surface area contributed by atoms with E-state index >= 15 is 0 Å². The maximum atomic E-state index is 9.51. The highest BCUT2D eigenvalue weighted by molar-refractivity contribution is 6.22. The molecule has 10 rings (SSSR count). The van der Waals surface area contributed by atoms with Crippen molar-refractivity contribution in [2.45, 2.75) is 0 Å². The fraction of sp³-hybridized carbons (Fsp3) is 0. The summed E-state index contributed by atoms with van der Waals surface area (Å²) in [6.45, 7) is 0. The molecule has 0 spiro atoms. The second-order valence-electron chi connectivity index (χ2n) is 12.3. The zero-order valence-corrected chi connectivity index (χ0v) is 27.3. The average molecular weight is 678 g/mol. The molecular formula is C50H33NO. The normalized spacial score (nSPS) is 15.2. The SMILES string of the molecule is [2H]c1c([2H])c([2H])c(-c2c([2H])c([2H])c(N(c3c([2H])c([2H])c([2H])c([2H])c3[2H])c3cc4c(oc5cccc(-c6ccc(-c7ccc8ccccc8c7)cc6)c54)c4ccccc34)c([2H])c2[2H])c([2H])c1[2H]. The van der Waals surface area contributed by atoms with Crippen molar-refractivity contribution in [2.75, 3.05) is 4.90 Å². The third-order valence-electron chi connectivity index (χ3n) is 9.30. The minimum atomic E-state index is -0.782. The van der Waals surface area contributed by atoms with Crippen LogP contribution in [0, 0.1) is 0 Å². The Morgan fingerprint density at radius 1 is 0.423 bits per heavy atom. The van der Waals surface area contributed by atoms with Gasteiger partial charge < -0.3 is 9.32 Å². The topological polar surface area (TPSA) is 16.4 Å². The smallest absolute Gasteiger partial charge is 0.143 e. The van der Waals surface area contributed by atoms with E-state index < -0.39 is 107 Å². The third-order valence-corrected chi connectivity index (χ3v) is 9.30. The van der Waals surface area contributed by atoms with Crippen LogP contribution in [0.15, 0.2) is 204 Å². The zero-order chi connectivity index (χ0) is 46.6. The zero-order valence-electron chi connectivity index (χ0n) is 41.3. The van der Waals surface area contributed by atoms with Crippen molar-refractivity contribution in [3.63, 3.8) is 0 Å². The summed E-state index contributed by atoms with van der Waals surface area (Å²) in [5, 5.41) is 4.40. The highest BCUT2D eigenvalue weighted by atomic mass is 16.3. The largest absolute Gasteiger partial charge is 0.455 e. The molecule has 0 unspecified atom stereocenters. The van der Waals surface area contributed by atoms with Crippen molar-refractivity contribution in [2.24, 2.45) is 0 Å². The van der Waals surface area contributed by atoms with E-state index in [1.165, 1.54) is 0 Å². The molecule has 0 aliphatic carbocycles. The predicted molar refractivity (Wildman–Crippen MR) is 220 cm³/mol. The lowest BCUT2D eigenvalue weighted by molar-refractivity contribution is 0.673. The molecule has 0 aliphatic rings. The number of hydrogen-bond acceptors (Lipinski definition) is 2. The van der Waals surface area contributed by atoms with Crippen molar-refractivity contribution in [3.8, 4) is 33.4 Å². The summed E-state index contributed by atoms with van der Waals surface area (Å²) in [4.78, 5) is 1.13. The first-order valence-corrected chi connectivity index (χ1v) is 16.6. The quantitative estimate of drug-likeness (QED) is 0.174. The second-order valence-corrected chi connectivity index (χ2v) is 12.3. The van der Waals surface area contributed by atoms with E-state index in [1.54, 1.807) is 30.3 Å². The summed E-state index contributed by atoms with van der Waals surface area (Å²) in [7, 11) is 0. The molecular weight excluding hydrogens is 631 g/mol. The molecule has 0 atom stereocenters. The van der Waals surface area contributed by atoms with Crippen molar-refractivity contribution in [3.05, 3.63) is 200 Å². The van der Waals surface area contributed by atoms with Crippen LogP contribution >= 0.6 is 0 Å². The maximum absolute atomic E-state index is 9.51. The average Bonchev–Trinajstić information content (AvgIpc) is 3.72. The van der Waals surface area contributed by atoms with Crippen LogP contribution < -0.4 is 4.90 Å². The van der Waals surface area contributed by atoms with Gasteiger partial charge in [-0.3, -0.25) is 0 Å². The molecule has 2 heteroatoms. The highest BCUT2D eigenvalue weighted by Crippen LogP contribution is 2.46. The maximum Gasteiger partial charge on any atom is 0.143 e. The number of benzene rings is 9. The summed E-state index contributed by atoms with van der Waals surface area (Å²) in [5.74, 6) is 0. The van der Waals surface area contributed by atoms with Gasteiger partial charge >= 0.3 is 0 Å². The Labute approximate surface area is 322 Å². The Hall–Kier alpha value is -6.90. The van der Waals surface area contributed by atoms with Crippen LogP contribution in [0.3, 0.4) is 0 Å². The van der Waals surface area contributed by atoms with E-state index in [4.69, 9.17) is 15.4 Å². The van der Waals surface area contributed by atoms with Gasteiger partial charge in [-0.2, -0.15) is 0 Å². The number of rotatable bonds is 6. The Balaban J connectivity index is 1.26. The van der Waals surface area contributed by atoms with Gasteiger partial charge in [0.05, 0.1) is 24.9 Å². The molecule has 0 aliphatic heterocycles. The molecule has 0 bridgehead atoms. The lowest BCUT2D eigenvalue weighted by Crippen LogP contribution is -2.10. The van der Waals surface area contributed by atoms with Gasteiger partial charge in [-0.25, -0.2) is 0 Å². The summed E-state index contributed by atoms with van der Waals surface area (Å²) in [5.41, 5.74) is 2.70. The molecule has 1 aromatic heterocycles. The van der Waals surface area contributed by atoms with E-state index in [2.05, 4.69) is 30.3 Å². The van der Waals surface area contributed by atoms with Gasteiger partial charge in [0, 0.05) is 32.9 Å². The number of anilines is 3. The number of para-hydroxylation sites is 1. The minimum Gasteiger partial charge on any atom is -0.455 e. The molecule has 0 saturated carbocycles. The van der Waals surface area contributed by atoms with E-state index in [1.807, 2.05) is 54.6 Å². The van der Waals surface area contributed by atoms with Crippen LogP contribution in [0.5, 0.6) is 0 Å². The van der Waals surface area contributed by atoms with Gasteiger partial charge in [0.25, 0.3) is 0 Å². The van der Waals surface area contributed by atoms with E-state index in [0.29, 0.717) is 32.7 Å². The van der Waals surface area contributed by atoms with Crippen LogP contribution in [-0.2, 0) is 0 Å². The fourth-order valence-electron chi connectivity index (χ4n) is 6.89. The van der Waals surface area contributed by atoms with E-state index in [0.717, 1.165) is 37.9 Å². The Morgan fingerprint density at radius 2 is 1.06 bits per heavy atom. The van der Waals surface area contributed by atoms with Crippen LogP contribution in [0.25, 0.3) is 76.9 Å². The lowest BCUT2D eigenvalue weighted by atomic mass is 9.95. The molecule has 52 heavy (non-hydrogen) atoms. The predicted octanol–water partition coefficient (Wildman–Crippen LogP) is 14.4. The number of fused-ring (bicyclic) bond motifs is 6. The minimum absolute atomic E-state index is 0.122. The van der Waals surface area contributed by atoms with Crippen molar-refractivity contribution in [1.82, 2.24) is 0 Å². The molecule has 10 aromatic rings. The summed E-state index contributed by atoms with van der Waals surface area (Å²) in [6, 6.07) is 26.7. The monoisotopic (exact) mass is 677 g/mol. The van der Waals surface area contributed by atoms with Gasteiger partial charge in [0.2, 0.25) is 0 Å². The summed E-state index contributed by atoms with van der Waals surface area (Å²) >= 11 is 0. The number of nitrogens with zero attached hydrogens (tertiary/aromatic N) is 1. The summed E-state index contributed by atoms with van der Waals surface area (Å²) in [6.07, 6.45) is 0. The lowest BCUT2D eigenvalue weighted by Gasteiger charge is -2.27. The number of furan rings is 1. The van der Waals surface area contributed by atoms with E-state index in [-0.39, 0.29) is 5.69 Å². The first kappa shape index (κ1) is 18.9. The van der Waals surface area contributed by atoms with Crippen LogP contribution in [-0.4, -0.2) is 0 Å². The summed E-state index contributed by atoms with van der Waals surface area (Å²) < 4.78 is 130. The van der Waals surface area contributed by atoms with Crippen LogP contribution in [0.2, 0.25) is 0 Å². The first-order valence-electron chi connectivity index (χ1n) is 23.6. The molecule has 0 saturated heterocycles. The molecule has 244 valence electrons. The highest BCUT2D eigenvalue weighted by Gasteiger charge is 2.21. The van der Waals surface area contributed by atoms with Crippen LogP contribution in [0.4, 0.5) is 17.1 Å². The number of hydrogen-bond donors (Lipinski definition) is 0. The first-order chi connectivity index (χ1) is 31.6. The van der Waals surface area contributed by atoms with Gasteiger partial charge in [0.1, 0.15) is 11.2 Å². The molecule has 9 aromatic carbocycles. The van der Waals surface area contributed by atoms with Crippen molar-refractivity contribution in [1.29, 1.82) is 0 Å².